The quantitative estimate of drug-likeness (QED) is 0.755. The lowest BCUT2D eigenvalue weighted by molar-refractivity contribution is -0.127. The minimum absolute atomic E-state index is 0. The molecular weight excluding hydrogens is 361 g/mol. The lowest BCUT2D eigenvalue weighted by Crippen LogP contribution is -2.55. The van der Waals surface area contributed by atoms with Crippen molar-refractivity contribution in [2.75, 3.05) is 6.54 Å². The summed E-state index contributed by atoms with van der Waals surface area (Å²) in [5.41, 5.74) is 5.61. The highest BCUT2D eigenvalue weighted by atomic mass is 35.5. The summed E-state index contributed by atoms with van der Waals surface area (Å²) in [4.78, 5) is 12.3. The Bertz CT molecular complexity index is 543. The van der Waals surface area contributed by atoms with Crippen molar-refractivity contribution < 1.29 is 4.79 Å². The summed E-state index contributed by atoms with van der Waals surface area (Å²) in [5.74, 6) is 2.22. The minimum Gasteiger partial charge on any atom is -0.354 e. The molecule has 144 valence electrons. The van der Waals surface area contributed by atoms with E-state index in [-0.39, 0.29) is 30.7 Å². The third kappa shape index (κ3) is 5.56. The van der Waals surface area contributed by atoms with E-state index in [0.717, 1.165) is 63.1 Å². The second kappa shape index (κ2) is 10.3. The van der Waals surface area contributed by atoms with E-state index in [1.165, 1.54) is 25.7 Å². The fraction of sp³-hybridized carbons (Fsp3) is 0.824. The molecule has 0 atom stereocenters. The first-order valence-electron chi connectivity index (χ1n) is 9.17. The summed E-state index contributed by atoms with van der Waals surface area (Å²) < 4.78 is 2.28. The summed E-state index contributed by atoms with van der Waals surface area (Å²) in [6, 6.07) is 0. The fourth-order valence-electron chi connectivity index (χ4n) is 3.76. The Labute approximate surface area is 162 Å². The molecule has 0 spiro atoms. The highest BCUT2D eigenvalue weighted by Gasteiger charge is 2.34. The van der Waals surface area contributed by atoms with Gasteiger partial charge in [-0.05, 0) is 32.1 Å². The van der Waals surface area contributed by atoms with Crippen LogP contribution in [0, 0.1) is 0 Å². The second-order valence-corrected chi connectivity index (χ2v) is 7.07. The molecule has 1 fully saturated rings. The van der Waals surface area contributed by atoms with Crippen LogP contribution in [0.2, 0.25) is 0 Å². The molecule has 2 aliphatic rings. The summed E-state index contributed by atoms with van der Waals surface area (Å²) in [6.45, 7) is 1.70. The highest BCUT2D eigenvalue weighted by molar-refractivity contribution is 5.86. The van der Waals surface area contributed by atoms with Crippen LogP contribution in [0.4, 0.5) is 0 Å². The number of nitrogens with zero attached hydrogens (tertiary/aromatic N) is 3. The van der Waals surface area contributed by atoms with E-state index in [9.17, 15) is 4.79 Å². The zero-order valence-corrected chi connectivity index (χ0v) is 16.5. The van der Waals surface area contributed by atoms with Crippen LogP contribution in [0.1, 0.15) is 69.4 Å². The van der Waals surface area contributed by atoms with E-state index >= 15 is 0 Å². The average Bonchev–Trinajstić information content (AvgIpc) is 2.79. The molecule has 1 aliphatic carbocycles. The SMILES string of the molecule is Cl.Cl.NC1(C(=O)NCCCc2nnc3n2CCCCC3)CCCCC1. The molecule has 0 saturated heterocycles. The first-order chi connectivity index (χ1) is 11.2. The molecular formula is C17H31Cl2N5O. The number of aromatic nitrogens is 3. The molecule has 8 heteroatoms. The number of carbonyl (C=O) groups excluding carboxylic acids is 1. The molecule has 0 unspecified atom stereocenters. The molecule has 3 rings (SSSR count). The Balaban J connectivity index is 0.00000156. The molecule has 0 bridgehead atoms. The summed E-state index contributed by atoms with van der Waals surface area (Å²) in [5, 5.41) is 11.7. The largest absolute Gasteiger partial charge is 0.354 e. The number of amides is 1. The van der Waals surface area contributed by atoms with E-state index in [1.54, 1.807) is 0 Å². The standard InChI is InChI=1S/C17H29N5O.2ClH/c18-17(10-4-2-5-11-17)16(23)19-12-7-9-15-21-20-14-8-3-1-6-13-22(14)15;;/h1-13,18H2,(H,19,23);2*1H. The maximum absolute atomic E-state index is 12.3. The second-order valence-electron chi connectivity index (χ2n) is 7.07. The van der Waals surface area contributed by atoms with Gasteiger partial charge in [-0.1, -0.05) is 25.7 Å². The van der Waals surface area contributed by atoms with Crippen molar-refractivity contribution in [3.63, 3.8) is 0 Å². The molecule has 1 aromatic rings. The number of hydrogen-bond donors (Lipinski definition) is 2. The van der Waals surface area contributed by atoms with E-state index in [2.05, 4.69) is 20.1 Å². The minimum atomic E-state index is -0.635. The van der Waals surface area contributed by atoms with Crippen LogP contribution >= 0.6 is 24.8 Å². The smallest absolute Gasteiger partial charge is 0.240 e. The Morgan fingerprint density at radius 2 is 1.80 bits per heavy atom. The monoisotopic (exact) mass is 391 g/mol. The maximum Gasteiger partial charge on any atom is 0.240 e. The Morgan fingerprint density at radius 1 is 1.08 bits per heavy atom. The third-order valence-corrected chi connectivity index (χ3v) is 5.25. The first-order valence-corrected chi connectivity index (χ1v) is 9.17. The van der Waals surface area contributed by atoms with Crippen molar-refractivity contribution in [1.29, 1.82) is 0 Å². The normalized spacial score (nSPS) is 18.9. The van der Waals surface area contributed by atoms with Crippen molar-refractivity contribution in [2.24, 2.45) is 5.73 Å². The van der Waals surface area contributed by atoms with Crippen molar-refractivity contribution in [1.82, 2.24) is 20.1 Å². The summed E-state index contributed by atoms with van der Waals surface area (Å²) in [7, 11) is 0. The van der Waals surface area contributed by atoms with Gasteiger partial charge in [0.1, 0.15) is 11.6 Å². The van der Waals surface area contributed by atoms with Gasteiger partial charge >= 0.3 is 0 Å². The molecule has 3 N–H and O–H groups in total. The molecule has 25 heavy (non-hydrogen) atoms. The van der Waals surface area contributed by atoms with Gasteiger partial charge in [0.25, 0.3) is 0 Å². The van der Waals surface area contributed by atoms with Crippen LogP contribution < -0.4 is 11.1 Å². The predicted molar refractivity (Wildman–Crippen MR) is 103 cm³/mol. The first kappa shape index (κ1) is 22.2. The van der Waals surface area contributed by atoms with Gasteiger partial charge in [0.15, 0.2) is 0 Å². The van der Waals surface area contributed by atoms with Crippen LogP contribution in [0.3, 0.4) is 0 Å². The molecule has 1 aromatic heterocycles. The van der Waals surface area contributed by atoms with Crippen LogP contribution in [0.25, 0.3) is 0 Å². The van der Waals surface area contributed by atoms with Gasteiger partial charge in [-0.2, -0.15) is 0 Å². The highest BCUT2D eigenvalue weighted by Crippen LogP contribution is 2.25. The number of aryl methyl sites for hydroxylation is 2. The zero-order valence-electron chi connectivity index (χ0n) is 14.8. The predicted octanol–water partition coefficient (Wildman–Crippen LogP) is 2.56. The van der Waals surface area contributed by atoms with Crippen LogP contribution in [-0.4, -0.2) is 32.8 Å². The van der Waals surface area contributed by atoms with Crippen LogP contribution in [-0.2, 0) is 24.2 Å². The van der Waals surface area contributed by atoms with Gasteiger partial charge in [0, 0.05) is 25.9 Å². The fourth-order valence-corrected chi connectivity index (χ4v) is 3.76. The topological polar surface area (TPSA) is 85.8 Å². The number of hydrogen-bond acceptors (Lipinski definition) is 4. The summed E-state index contributed by atoms with van der Waals surface area (Å²) >= 11 is 0. The van der Waals surface area contributed by atoms with Crippen molar-refractivity contribution in [3.05, 3.63) is 11.6 Å². The lowest BCUT2D eigenvalue weighted by atomic mass is 9.82. The van der Waals surface area contributed by atoms with E-state index in [1.807, 2.05) is 0 Å². The molecule has 6 nitrogen and oxygen atoms in total. The van der Waals surface area contributed by atoms with Gasteiger partial charge < -0.3 is 15.6 Å². The van der Waals surface area contributed by atoms with Crippen molar-refractivity contribution in [3.8, 4) is 0 Å². The molecule has 1 amide bonds. The van der Waals surface area contributed by atoms with Gasteiger partial charge in [-0.15, -0.1) is 35.0 Å². The number of rotatable bonds is 5. The van der Waals surface area contributed by atoms with Crippen molar-refractivity contribution >= 4 is 30.7 Å². The number of nitrogens with one attached hydrogen (secondary N) is 1. The van der Waals surface area contributed by atoms with Crippen LogP contribution in [0.15, 0.2) is 0 Å². The average molecular weight is 392 g/mol. The molecule has 2 heterocycles. The van der Waals surface area contributed by atoms with Crippen molar-refractivity contribution in [2.45, 2.75) is 82.7 Å². The van der Waals surface area contributed by atoms with E-state index in [0.29, 0.717) is 6.54 Å². The maximum atomic E-state index is 12.3. The number of carbonyl (C=O) groups is 1. The van der Waals surface area contributed by atoms with Gasteiger partial charge in [0.05, 0.1) is 5.54 Å². The lowest BCUT2D eigenvalue weighted by Gasteiger charge is -2.31. The van der Waals surface area contributed by atoms with Crippen LogP contribution in [0.5, 0.6) is 0 Å². The number of fused-ring (bicyclic) bond motifs is 1. The molecule has 1 aliphatic heterocycles. The molecule has 0 radical (unpaired) electrons. The Hall–Kier alpha value is -0.850. The zero-order chi connectivity index (χ0) is 16.1. The Morgan fingerprint density at radius 3 is 2.56 bits per heavy atom. The Kier molecular flexibility index (Phi) is 9.17. The number of nitrogens with two attached hydrogens (primary N) is 1. The van der Waals surface area contributed by atoms with E-state index < -0.39 is 5.54 Å². The molecule has 1 saturated carbocycles. The van der Waals surface area contributed by atoms with Gasteiger partial charge in [-0.25, -0.2) is 0 Å². The third-order valence-electron chi connectivity index (χ3n) is 5.25. The van der Waals surface area contributed by atoms with Gasteiger partial charge in [0.2, 0.25) is 5.91 Å². The molecule has 0 aromatic carbocycles. The number of halogens is 2. The van der Waals surface area contributed by atoms with Gasteiger partial charge in [-0.3, -0.25) is 4.79 Å². The van der Waals surface area contributed by atoms with E-state index in [4.69, 9.17) is 5.73 Å². The summed E-state index contributed by atoms with van der Waals surface area (Å²) in [6.07, 6.45) is 11.5.